The van der Waals surface area contributed by atoms with Crippen molar-refractivity contribution < 1.29 is 23.8 Å². The quantitative estimate of drug-likeness (QED) is 0.809. The minimum atomic E-state index is -1.12. The summed E-state index contributed by atoms with van der Waals surface area (Å²) in [4.78, 5) is 26.3. The average molecular weight is 386 g/mol. The molecule has 1 aromatic rings. The fraction of sp³-hybridized carbons (Fsp3) is 0.579. The molecule has 1 aliphatic rings. The van der Waals surface area contributed by atoms with Gasteiger partial charge in [-0.3, -0.25) is 9.69 Å². The first-order valence-electron chi connectivity index (χ1n) is 8.53. The number of nitrogens with zero attached hydrogens (tertiary/aromatic N) is 1. The van der Waals surface area contributed by atoms with Crippen molar-refractivity contribution in [3.63, 3.8) is 0 Å². The van der Waals surface area contributed by atoms with E-state index in [-0.39, 0.29) is 10.6 Å². The minimum Gasteiger partial charge on any atom is -0.481 e. The molecule has 1 aromatic carbocycles. The number of rotatable bonds is 3. The summed E-state index contributed by atoms with van der Waals surface area (Å²) in [6.07, 6.45) is 0.537. The molecule has 1 heterocycles. The Bertz CT molecular complexity index is 714. The largest absolute Gasteiger partial charge is 0.481 e. The molecule has 0 unspecified atom stereocenters. The van der Waals surface area contributed by atoms with Crippen LogP contribution in [0.5, 0.6) is 0 Å². The first-order valence-corrected chi connectivity index (χ1v) is 8.91. The zero-order valence-electron chi connectivity index (χ0n) is 15.7. The monoisotopic (exact) mass is 385 g/mol. The van der Waals surface area contributed by atoms with Gasteiger partial charge in [-0.05, 0) is 65.2 Å². The van der Waals surface area contributed by atoms with Gasteiger partial charge in [-0.1, -0.05) is 17.7 Å². The van der Waals surface area contributed by atoms with Crippen molar-refractivity contribution in [1.29, 1.82) is 0 Å². The molecule has 0 bridgehead atoms. The Labute approximate surface area is 158 Å². The summed E-state index contributed by atoms with van der Waals surface area (Å²) in [5.74, 6) is -2.88. The standard InChI is InChI=1S/C19H25ClFNO4/c1-18(2,3)26-17(25)22-14(8-9-19(22,4)5)15(16(23)24)11-6-7-12(20)13(21)10-11/h6-7,10,14-15H,8-9H2,1-5H3,(H,23,24)/t14-,15-/m0/s1. The third-order valence-electron chi connectivity index (χ3n) is 4.58. The number of amides is 1. The van der Waals surface area contributed by atoms with Crippen LogP contribution in [0.2, 0.25) is 5.02 Å². The van der Waals surface area contributed by atoms with Crippen LogP contribution < -0.4 is 0 Å². The number of carboxylic acid groups (broad SMARTS) is 1. The van der Waals surface area contributed by atoms with Crippen molar-refractivity contribution in [3.05, 3.63) is 34.6 Å². The first-order chi connectivity index (χ1) is 11.8. The zero-order valence-corrected chi connectivity index (χ0v) is 16.4. The summed E-state index contributed by atoms with van der Waals surface area (Å²) in [6.45, 7) is 9.02. The van der Waals surface area contributed by atoms with Crippen LogP contribution in [0, 0.1) is 5.82 Å². The maximum atomic E-state index is 13.9. The van der Waals surface area contributed by atoms with Crippen LogP contribution in [0.4, 0.5) is 9.18 Å². The molecule has 1 aliphatic heterocycles. The Balaban J connectivity index is 2.44. The van der Waals surface area contributed by atoms with Crippen LogP contribution in [0.3, 0.4) is 0 Å². The number of aliphatic carboxylic acids is 1. The van der Waals surface area contributed by atoms with Crippen molar-refractivity contribution in [2.45, 2.75) is 70.6 Å². The van der Waals surface area contributed by atoms with Gasteiger partial charge < -0.3 is 9.84 Å². The molecule has 1 fully saturated rings. The SMILES string of the molecule is CC(C)(C)OC(=O)N1[C@H]([C@@H](C(=O)O)c2ccc(Cl)c(F)c2)CCC1(C)C. The van der Waals surface area contributed by atoms with E-state index in [9.17, 15) is 19.1 Å². The Morgan fingerprint density at radius 3 is 2.50 bits per heavy atom. The number of carbonyl (C=O) groups is 2. The van der Waals surface area contributed by atoms with E-state index in [1.807, 2.05) is 13.8 Å². The lowest BCUT2D eigenvalue weighted by Gasteiger charge is -2.39. The van der Waals surface area contributed by atoms with Gasteiger partial charge in [0.15, 0.2) is 0 Å². The third kappa shape index (κ3) is 4.29. The fourth-order valence-electron chi connectivity index (χ4n) is 3.44. The molecule has 1 N–H and O–H groups in total. The van der Waals surface area contributed by atoms with Gasteiger partial charge in [0.1, 0.15) is 17.3 Å². The predicted octanol–water partition coefficient (Wildman–Crippen LogP) is 4.83. The van der Waals surface area contributed by atoms with E-state index in [1.54, 1.807) is 20.8 Å². The summed E-state index contributed by atoms with van der Waals surface area (Å²) < 4.78 is 19.4. The molecule has 0 aromatic heterocycles. The van der Waals surface area contributed by atoms with Crippen LogP contribution in [-0.2, 0) is 9.53 Å². The second kappa shape index (κ2) is 7.06. The first kappa shape index (κ1) is 20.5. The Morgan fingerprint density at radius 1 is 1.38 bits per heavy atom. The molecular weight excluding hydrogens is 361 g/mol. The van der Waals surface area contributed by atoms with Crippen LogP contribution in [0.1, 0.15) is 58.9 Å². The summed E-state index contributed by atoms with van der Waals surface area (Å²) >= 11 is 5.71. The van der Waals surface area contributed by atoms with Crippen molar-refractivity contribution >= 4 is 23.7 Å². The molecule has 1 amide bonds. The molecule has 7 heteroatoms. The van der Waals surface area contributed by atoms with Gasteiger partial charge in [-0.15, -0.1) is 0 Å². The van der Waals surface area contributed by atoms with Gasteiger partial charge in [0.05, 0.1) is 11.1 Å². The second-order valence-electron chi connectivity index (χ2n) is 8.26. The number of carbonyl (C=O) groups excluding carboxylic acids is 1. The molecule has 0 aliphatic carbocycles. The Morgan fingerprint density at radius 2 is 2.00 bits per heavy atom. The number of hydrogen-bond acceptors (Lipinski definition) is 3. The molecule has 5 nitrogen and oxygen atoms in total. The van der Waals surface area contributed by atoms with Crippen LogP contribution in [-0.4, -0.2) is 39.3 Å². The molecule has 2 atom stereocenters. The van der Waals surface area contributed by atoms with Crippen molar-refractivity contribution in [2.24, 2.45) is 0 Å². The van der Waals surface area contributed by atoms with Crippen LogP contribution in [0.25, 0.3) is 0 Å². The fourth-order valence-corrected chi connectivity index (χ4v) is 3.56. The van der Waals surface area contributed by atoms with Gasteiger partial charge in [0.2, 0.25) is 0 Å². The predicted molar refractivity (Wildman–Crippen MR) is 97.0 cm³/mol. The molecular formula is C19H25ClFNO4. The topological polar surface area (TPSA) is 66.8 Å². The van der Waals surface area contributed by atoms with E-state index in [0.717, 1.165) is 6.07 Å². The van der Waals surface area contributed by atoms with Gasteiger partial charge in [-0.2, -0.15) is 0 Å². The number of halogens is 2. The van der Waals surface area contributed by atoms with Crippen LogP contribution >= 0.6 is 11.6 Å². The third-order valence-corrected chi connectivity index (χ3v) is 4.89. The number of hydrogen-bond donors (Lipinski definition) is 1. The lowest BCUT2D eigenvalue weighted by molar-refractivity contribution is -0.140. The highest BCUT2D eigenvalue weighted by atomic mass is 35.5. The summed E-state index contributed by atoms with van der Waals surface area (Å²) in [5.41, 5.74) is -0.993. The molecule has 0 saturated carbocycles. The van der Waals surface area contributed by atoms with Crippen LogP contribution in [0.15, 0.2) is 18.2 Å². The molecule has 144 valence electrons. The summed E-state index contributed by atoms with van der Waals surface area (Å²) in [6, 6.07) is 3.31. The second-order valence-corrected chi connectivity index (χ2v) is 8.67. The highest BCUT2D eigenvalue weighted by molar-refractivity contribution is 6.30. The van der Waals surface area contributed by atoms with Gasteiger partial charge in [-0.25, -0.2) is 9.18 Å². The lowest BCUT2D eigenvalue weighted by Crippen LogP contribution is -2.51. The maximum Gasteiger partial charge on any atom is 0.411 e. The van der Waals surface area contributed by atoms with E-state index >= 15 is 0 Å². The van der Waals surface area contributed by atoms with Crippen molar-refractivity contribution in [1.82, 2.24) is 4.90 Å². The minimum absolute atomic E-state index is 0.0753. The normalized spacial score (nSPS) is 20.7. The Kier molecular flexibility index (Phi) is 5.57. The molecule has 0 spiro atoms. The van der Waals surface area contributed by atoms with Crippen molar-refractivity contribution in [2.75, 3.05) is 0 Å². The smallest absolute Gasteiger partial charge is 0.411 e. The van der Waals surface area contributed by atoms with Crippen molar-refractivity contribution in [3.8, 4) is 0 Å². The van der Waals surface area contributed by atoms with Gasteiger partial charge in [0, 0.05) is 5.54 Å². The number of likely N-dealkylation sites (tertiary alicyclic amines) is 1. The van der Waals surface area contributed by atoms with Gasteiger partial charge >= 0.3 is 12.1 Å². The highest BCUT2D eigenvalue weighted by Crippen LogP contribution is 2.41. The van der Waals surface area contributed by atoms with E-state index in [0.29, 0.717) is 12.8 Å². The summed E-state index contributed by atoms with van der Waals surface area (Å²) in [7, 11) is 0. The number of carboxylic acids is 1. The summed E-state index contributed by atoms with van der Waals surface area (Å²) in [5, 5.41) is 9.74. The molecule has 26 heavy (non-hydrogen) atoms. The van der Waals surface area contributed by atoms with E-state index in [4.69, 9.17) is 16.3 Å². The lowest BCUT2D eigenvalue weighted by atomic mass is 9.90. The molecule has 0 radical (unpaired) electrons. The average Bonchev–Trinajstić information content (AvgIpc) is 2.76. The van der Waals surface area contributed by atoms with Gasteiger partial charge in [0.25, 0.3) is 0 Å². The zero-order chi connectivity index (χ0) is 19.9. The molecule has 2 rings (SSSR count). The van der Waals surface area contributed by atoms with E-state index in [1.165, 1.54) is 17.0 Å². The maximum absolute atomic E-state index is 13.9. The highest BCUT2D eigenvalue weighted by Gasteiger charge is 2.49. The number of ether oxygens (including phenoxy) is 1. The van der Waals surface area contributed by atoms with E-state index < -0.39 is 41.0 Å². The van der Waals surface area contributed by atoms with E-state index in [2.05, 4.69) is 0 Å². The Hall–Kier alpha value is -1.82. The number of benzene rings is 1. The molecule has 1 saturated heterocycles.